The van der Waals surface area contributed by atoms with E-state index in [0.717, 1.165) is 10.9 Å². The molecule has 6 nitrogen and oxygen atoms in total. The minimum atomic E-state index is -3.69. The Hall–Kier alpha value is -2.80. The number of hydrogen-bond acceptors (Lipinski definition) is 4. The largest absolute Gasteiger partial charge is 0.399 e. The molecule has 0 atom stereocenters. The molecule has 3 rings (SSSR count). The summed E-state index contributed by atoms with van der Waals surface area (Å²) in [5.41, 5.74) is 7.10. The standard InChI is InChI=1S/C16H15N3O3S/c1-19-15-8-5-13(10-11(15)2-9-16(19)20)18-23(21,22)14-6-3-12(17)4-7-14/h2-10,18H,17H2,1H3. The number of sulfonamides is 1. The lowest BCUT2D eigenvalue weighted by atomic mass is 10.2. The van der Waals surface area contributed by atoms with Gasteiger partial charge in [0.25, 0.3) is 15.6 Å². The van der Waals surface area contributed by atoms with Gasteiger partial charge in [-0.25, -0.2) is 8.42 Å². The molecule has 0 aliphatic rings. The van der Waals surface area contributed by atoms with Crippen molar-refractivity contribution >= 4 is 32.3 Å². The summed E-state index contributed by atoms with van der Waals surface area (Å²) in [5, 5.41) is 0.768. The first kappa shape index (κ1) is 15.1. The molecule has 1 aromatic heterocycles. The third-order valence-corrected chi connectivity index (χ3v) is 4.96. The lowest BCUT2D eigenvalue weighted by Gasteiger charge is -2.10. The maximum Gasteiger partial charge on any atom is 0.261 e. The number of aromatic nitrogens is 1. The number of fused-ring (bicyclic) bond motifs is 1. The van der Waals surface area contributed by atoms with Crippen LogP contribution in [0.25, 0.3) is 10.9 Å². The zero-order valence-corrected chi connectivity index (χ0v) is 13.2. The fourth-order valence-electron chi connectivity index (χ4n) is 2.31. The van der Waals surface area contributed by atoms with Gasteiger partial charge in [0, 0.05) is 29.9 Å². The Morgan fingerprint density at radius 2 is 1.70 bits per heavy atom. The average molecular weight is 329 g/mol. The van der Waals surface area contributed by atoms with Gasteiger partial charge >= 0.3 is 0 Å². The predicted molar refractivity (Wildman–Crippen MR) is 90.9 cm³/mol. The molecule has 0 saturated carbocycles. The van der Waals surface area contributed by atoms with Crippen LogP contribution in [0.3, 0.4) is 0 Å². The van der Waals surface area contributed by atoms with Gasteiger partial charge < -0.3 is 10.3 Å². The molecule has 7 heteroatoms. The molecule has 118 valence electrons. The monoisotopic (exact) mass is 329 g/mol. The SMILES string of the molecule is Cn1c(=O)ccc2cc(NS(=O)(=O)c3ccc(N)cc3)ccc21. The summed E-state index contributed by atoms with van der Waals surface area (Å²) in [6.07, 6.45) is 0. The zero-order valence-electron chi connectivity index (χ0n) is 12.4. The molecular formula is C16H15N3O3S. The number of nitrogens with one attached hydrogen (secondary N) is 1. The van der Waals surface area contributed by atoms with Gasteiger partial charge in [0.1, 0.15) is 0 Å². The second kappa shape index (κ2) is 5.44. The molecule has 0 unspecified atom stereocenters. The van der Waals surface area contributed by atoms with Gasteiger partial charge in [-0.3, -0.25) is 9.52 Å². The number of nitrogens with zero attached hydrogens (tertiary/aromatic N) is 1. The number of aryl methyl sites for hydroxylation is 1. The van der Waals surface area contributed by atoms with E-state index >= 15 is 0 Å². The molecule has 0 aliphatic carbocycles. The minimum Gasteiger partial charge on any atom is -0.399 e. The summed E-state index contributed by atoms with van der Waals surface area (Å²) >= 11 is 0. The van der Waals surface area contributed by atoms with E-state index < -0.39 is 10.0 Å². The normalized spacial score (nSPS) is 11.5. The van der Waals surface area contributed by atoms with Crippen LogP contribution < -0.4 is 16.0 Å². The molecule has 3 N–H and O–H groups in total. The highest BCUT2D eigenvalue weighted by atomic mass is 32.2. The predicted octanol–water partition coefficient (Wildman–Crippen LogP) is 1.92. The van der Waals surface area contributed by atoms with Crippen molar-refractivity contribution in [1.82, 2.24) is 4.57 Å². The molecule has 0 bridgehead atoms. The van der Waals surface area contributed by atoms with Crippen molar-refractivity contribution in [2.24, 2.45) is 7.05 Å². The van der Waals surface area contributed by atoms with Crippen LogP contribution in [0, 0.1) is 0 Å². The van der Waals surface area contributed by atoms with Crippen LogP contribution in [-0.4, -0.2) is 13.0 Å². The molecule has 2 aromatic carbocycles. The summed E-state index contributed by atoms with van der Waals surface area (Å²) in [6.45, 7) is 0. The summed E-state index contributed by atoms with van der Waals surface area (Å²) in [5.74, 6) is 0. The van der Waals surface area contributed by atoms with E-state index in [-0.39, 0.29) is 10.5 Å². The van der Waals surface area contributed by atoms with E-state index in [2.05, 4.69) is 4.72 Å². The number of pyridine rings is 1. The Labute approximate surface area is 133 Å². The minimum absolute atomic E-state index is 0.118. The van der Waals surface area contributed by atoms with Gasteiger partial charge in [0.2, 0.25) is 0 Å². The number of anilines is 2. The molecule has 0 spiro atoms. The second-order valence-corrected chi connectivity index (χ2v) is 6.86. The van der Waals surface area contributed by atoms with Crippen molar-refractivity contribution < 1.29 is 8.42 Å². The van der Waals surface area contributed by atoms with Crippen molar-refractivity contribution in [1.29, 1.82) is 0 Å². The van der Waals surface area contributed by atoms with E-state index in [9.17, 15) is 13.2 Å². The quantitative estimate of drug-likeness (QED) is 0.718. The highest BCUT2D eigenvalue weighted by Crippen LogP contribution is 2.21. The summed E-state index contributed by atoms with van der Waals surface area (Å²) < 4.78 is 28.8. The summed E-state index contributed by atoms with van der Waals surface area (Å²) in [6, 6.07) is 14.1. The van der Waals surface area contributed by atoms with Gasteiger partial charge in [-0.15, -0.1) is 0 Å². The molecule has 23 heavy (non-hydrogen) atoms. The average Bonchev–Trinajstić information content (AvgIpc) is 2.51. The van der Waals surface area contributed by atoms with Crippen LogP contribution in [0.15, 0.2) is 64.3 Å². The van der Waals surface area contributed by atoms with Crippen LogP contribution in [0.2, 0.25) is 0 Å². The molecule has 1 heterocycles. The molecule has 0 fully saturated rings. The van der Waals surface area contributed by atoms with Crippen LogP contribution in [0.4, 0.5) is 11.4 Å². The Morgan fingerprint density at radius 3 is 2.39 bits per heavy atom. The molecule has 0 radical (unpaired) electrons. The first-order valence-electron chi connectivity index (χ1n) is 6.85. The third kappa shape index (κ3) is 2.91. The Balaban J connectivity index is 1.99. The maximum atomic E-state index is 12.4. The van der Waals surface area contributed by atoms with Crippen molar-refractivity contribution in [2.45, 2.75) is 4.90 Å². The Morgan fingerprint density at radius 1 is 1.00 bits per heavy atom. The highest BCUT2D eigenvalue weighted by molar-refractivity contribution is 7.92. The number of rotatable bonds is 3. The molecule has 0 amide bonds. The van der Waals surface area contributed by atoms with Gasteiger partial charge in [0.05, 0.1) is 10.4 Å². The third-order valence-electron chi connectivity index (χ3n) is 3.57. The van der Waals surface area contributed by atoms with Gasteiger partial charge in [-0.2, -0.15) is 0 Å². The van der Waals surface area contributed by atoms with Crippen LogP contribution >= 0.6 is 0 Å². The number of nitrogen functional groups attached to an aromatic ring is 1. The van der Waals surface area contributed by atoms with E-state index in [1.165, 1.54) is 34.9 Å². The lowest BCUT2D eigenvalue weighted by molar-refractivity contribution is 0.601. The van der Waals surface area contributed by atoms with Crippen LogP contribution in [-0.2, 0) is 17.1 Å². The van der Waals surface area contributed by atoms with Crippen LogP contribution in [0.5, 0.6) is 0 Å². The molecule has 3 aromatic rings. The number of nitrogens with two attached hydrogens (primary N) is 1. The van der Waals surface area contributed by atoms with E-state index in [1.54, 1.807) is 31.3 Å². The Bertz CT molecular complexity index is 1040. The highest BCUT2D eigenvalue weighted by Gasteiger charge is 2.14. The topological polar surface area (TPSA) is 94.2 Å². The smallest absolute Gasteiger partial charge is 0.261 e. The van der Waals surface area contributed by atoms with Gasteiger partial charge in [-0.1, -0.05) is 0 Å². The van der Waals surface area contributed by atoms with Crippen molar-refractivity contribution in [3.63, 3.8) is 0 Å². The zero-order chi connectivity index (χ0) is 16.6. The second-order valence-electron chi connectivity index (χ2n) is 5.18. The lowest BCUT2D eigenvalue weighted by Crippen LogP contribution is -2.16. The number of benzene rings is 2. The van der Waals surface area contributed by atoms with E-state index in [4.69, 9.17) is 5.73 Å². The van der Waals surface area contributed by atoms with Crippen molar-refractivity contribution in [2.75, 3.05) is 10.5 Å². The van der Waals surface area contributed by atoms with Crippen molar-refractivity contribution in [3.8, 4) is 0 Å². The summed E-state index contributed by atoms with van der Waals surface area (Å²) in [4.78, 5) is 11.7. The van der Waals surface area contributed by atoms with Gasteiger partial charge in [0.15, 0.2) is 0 Å². The van der Waals surface area contributed by atoms with Gasteiger partial charge in [-0.05, 0) is 48.5 Å². The first-order valence-corrected chi connectivity index (χ1v) is 8.33. The fourth-order valence-corrected chi connectivity index (χ4v) is 3.36. The molecular weight excluding hydrogens is 314 g/mol. The van der Waals surface area contributed by atoms with Crippen molar-refractivity contribution in [3.05, 3.63) is 65.0 Å². The first-order chi connectivity index (χ1) is 10.9. The number of hydrogen-bond donors (Lipinski definition) is 2. The summed E-state index contributed by atoms with van der Waals surface area (Å²) in [7, 11) is -2.02. The maximum absolute atomic E-state index is 12.4. The fraction of sp³-hybridized carbons (Fsp3) is 0.0625. The Kier molecular flexibility index (Phi) is 3.57. The van der Waals surface area contributed by atoms with Crippen LogP contribution in [0.1, 0.15) is 0 Å². The van der Waals surface area contributed by atoms with E-state index in [0.29, 0.717) is 11.4 Å². The molecule has 0 saturated heterocycles. The van der Waals surface area contributed by atoms with E-state index in [1.807, 2.05) is 0 Å². The molecule has 0 aliphatic heterocycles.